The van der Waals surface area contributed by atoms with E-state index in [0.717, 1.165) is 19.4 Å². The summed E-state index contributed by atoms with van der Waals surface area (Å²) in [7, 11) is 0. The van der Waals surface area contributed by atoms with Crippen molar-refractivity contribution in [1.29, 1.82) is 0 Å². The Morgan fingerprint density at radius 2 is 2.27 bits per heavy atom. The lowest BCUT2D eigenvalue weighted by molar-refractivity contribution is -0.116. The number of amides is 1. The van der Waals surface area contributed by atoms with E-state index in [9.17, 15) is 9.18 Å². The zero-order valence-corrected chi connectivity index (χ0v) is 12.4. The number of nitrogens with zero attached hydrogens (tertiary/aromatic N) is 1. The molecule has 3 rings (SSSR count). The highest BCUT2D eigenvalue weighted by Crippen LogP contribution is 2.30. The van der Waals surface area contributed by atoms with Crippen LogP contribution in [0.2, 0.25) is 0 Å². The first-order chi connectivity index (χ1) is 10.7. The summed E-state index contributed by atoms with van der Waals surface area (Å²) in [6.45, 7) is 1.72. The van der Waals surface area contributed by atoms with Crippen molar-refractivity contribution in [1.82, 2.24) is 9.88 Å². The Morgan fingerprint density at radius 3 is 3.05 bits per heavy atom. The molecule has 4 nitrogen and oxygen atoms in total. The Kier molecular flexibility index (Phi) is 4.53. The van der Waals surface area contributed by atoms with Gasteiger partial charge in [0.05, 0.1) is 0 Å². The average molecular weight is 301 g/mol. The summed E-state index contributed by atoms with van der Waals surface area (Å²) in [6.07, 6.45) is 4.61. The molecule has 0 spiro atoms. The molecule has 1 fully saturated rings. The van der Waals surface area contributed by atoms with E-state index in [1.54, 1.807) is 12.1 Å². The summed E-state index contributed by atoms with van der Waals surface area (Å²) >= 11 is 0. The SMILES string of the molecule is O=C(CCN1CCCC1c1ccc[nH]1)Nc1cccc(F)c1. The molecule has 2 aromatic rings. The van der Waals surface area contributed by atoms with Crippen LogP contribution in [0.4, 0.5) is 10.1 Å². The second kappa shape index (κ2) is 6.75. The minimum atomic E-state index is -0.343. The molecular formula is C17H20FN3O. The highest BCUT2D eigenvalue weighted by molar-refractivity contribution is 5.90. The Balaban J connectivity index is 1.52. The van der Waals surface area contributed by atoms with Gasteiger partial charge in [-0.15, -0.1) is 0 Å². The number of aromatic amines is 1. The highest BCUT2D eigenvalue weighted by Gasteiger charge is 2.26. The largest absolute Gasteiger partial charge is 0.364 e. The monoisotopic (exact) mass is 301 g/mol. The number of rotatable bonds is 5. The first kappa shape index (κ1) is 14.8. The topological polar surface area (TPSA) is 48.1 Å². The average Bonchev–Trinajstić information content (AvgIpc) is 3.16. The molecule has 22 heavy (non-hydrogen) atoms. The lowest BCUT2D eigenvalue weighted by atomic mass is 10.1. The van der Waals surface area contributed by atoms with Crippen LogP contribution in [0, 0.1) is 5.82 Å². The van der Waals surface area contributed by atoms with Gasteiger partial charge in [-0.3, -0.25) is 9.69 Å². The molecule has 1 unspecified atom stereocenters. The molecule has 2 N–H and O–H groups in total. The number of likely N-dealkylation sites (tertiary alicyclic amines) is 1. The predicted octanol–water partition coefficient (Wildman–Crippen LogP) is 3.32. The van der Waals surface area contributed by atoms with Crippen LogP contribution in [0.3, 0.4) is 0 Å². The lowest BCUT2D eigenvalue weighted by Crippen LogP contribution is -2.27. The normalized spacial score (nSPS) is 18.5. The van der Waals surface area contributed by atoms with Crippen molar-refractivity contribution in [2.75, 3.05) is 18.4 Å². The lowest BCUT2D eigenvalue weighted by Gasteiger charge is -2.23. The molecule has 1 aromatic heterocycles. The van der Waals surface area contributed by atoms with Crippen LogP contribution in [0.1, 0.15) is 31.0 Å². The third-order valence-corrected chi connectivity index (χ3v) is 4.08. The molecule has 116 valence electrons. The Hall–Kier alpha value is -2.14. The molecule has 0 saturated carbocycles. The van der Waals surface area contributed by atoms with Gasteiger partial charge in [0.2, 0.25) is 5.91 Å². The first-order valence-corrected chi connectivity index (χ1v) is 7.65. The number of carbonyl (C=O) groups is 1. The van der Waals surface area contributed by atoms with Gasteiger partial charge in [0.15, 0.2) is 0 Å². The van der Waals surface area contributed by atoms with Gasteiger partial charge in [-0.25, -0.2) is 4.39 Å². The summed E-state index contributed by atoms with van der Waals surface area (Å²) in [4.78, 5) is 17.6. The van der Waals surface area contributed by atoms with Crippen LogP contribution in [0.25, 0.3) is 0 Å². The van der Waals surface area contributed by atoms with E-state index in [1.807, 2.05) is 12.3 Å². The summed E-state index contributed by atoms with van der Waals surface area (Å²) in [5.41, 5.74) is 1.72. The van der Waals surface area contributed by atoms with E-state index in [1.165, 1.54) is 17.8 Å². The van der Waals surface area contributed by atoms with Gasteiger partial charge in [-0.2, -0.15) is 0 Å². The number of H-pyrrole nitrogens is 1. The van der Waals surface area contributed by atoms with E-state index < -0.39 is 0 Å². The number of aromatic nitrogens is 1. The minimum absolute atomic E-state index is 0.0808. The van der Waals surface area contributed by atoms with Crippen molar-refractivity contribution in [3.05, 3.63) is 54.1 Å². The molecule has 1 aromatic carbocycles. The molecule has 5 heteroatoms. The van der Waals surface area contributed by atoms with Gasteiger partial charge in [-0.05, 0) is 49.7 Å². The fraction of sp³-hybridized carbons (Fsp3) is 0.353. The molecule has 1 amide bonds. The molecule has 1 aliphatic rings. The molecule has 2 heterocycles. The standard InChI is InChI=1S/C17H20FN3O/c18-13-4-1-5-14(12-13)20-17(22)8-11-21-10-3-7-16(21)15-6-2-9-19-15/h1-2,4-6,9,12,16,19H,3,7-8,10-11H2,(H,20,22). The van der Waals surface area contributed by atoms with Crippen molar-refractivity contribution in [3.63, 3.8) is 0 Å². The molecule has 0 radical (unpaired) electrons. The first-order valence-electron chi connectivity index (χ1n) is 7.65. The van der Waals surface area contributed by atoms with E-state index >= 15 is 0 Å². The van der Waals surface area contributed by atoms with Gasteiger partial charge in [-0.1, -0.05) is 6.07 Å². The zero-order valence-electron chi connectivity index (χ0n) is 12.4. The summed E-state index contributed by atoms with van der Waals surface area (Å²) in [5, 5.41) is 2.74. The maximum Gasteiger partial charge on any atom is 0.225 e. The number of nitrogens with one attached hydrogen (secondary N) is 2. The molecule has 1 atom stereocenters. The van der Waals surface area contributed by atoms with E-state index in [4.69, 9.17) is 0 Å². The van der Waals surface area contributed by atoms with Crippen molar-refractivity contribution in [2.45, 2.75) is 25.3 Å². The number of anilines is 1. The number of hydrogen-bond donors (Lipinski definition) is 2. The number of benzene rings is 1. The summed E-state index contributed by atoms with van der Waals surface area (Å²) < 4.78 is 13.1. The van der Waals surface area contributed by atoms with Gasteiger partial charge in [0.1, 0.15) is 5.82 Å². The van der Waals surface area contributed by atoms with Crippen LogP contribution in [-0.4, -0.2) is 28.9 Å². The third kappa shape index (κ3) is 3.54. The second-order valence-corrected chi connectivity index (χ2v) is 5.63. The number of halogens is 1. The van der Waals surface area contributed by atoms with Gasteiger partial charge < -0.3 is 10.3 Å². The third-order valence-electron chi connectivity index (χ3n) is 4.08. The Bertz CT molecular complexity index is 627. The van der Waals surface area contributed by atoms with Crippen LogP contribution in [0.5, 0.6) is 0 Å². The van der Waals surface area contributed by atoms with Crippen molar-refractivity contribution in [3.8, 4) is 0 Å². The maximum atomic E-state index is 13.1. The summed E-state index contributed by atoms with van der Waals surface area (Å²) in [6, 6.07) is 10.4. The molecule has 0 aliphatic carbocycles. The van der Waals surface area contributed by atoms with Gasteiger partial charge in [0.25, 0.3) is 0 Å². The minimum Gasteiger partial charge on any atom is -0.364 e. The van der Waals surface area contributed by atoms with Crippen LogP contribution >= 0.6 is 0 Å². The fourth-order valence-corrected chi connectivity index (χ4v) is 3.03. The highest BCUT2D eigenvalue weighted by atomic mass is 19.1. The van der Waals surface area contributed by atoms with Crippen molar-refractivity contribution in [2.24, 2.45) is 0 Å². The quantitative estimate of drug-likeness (QED) is 0.890. The molecule has 1 saturated heterocycles. The predicted molar refractivity (Wildman–Crippen MR) is 84.0 cm³/mol. The number of hydrogen-bond acceptors (Lipinski definition) is 2. The molecule has 0 bridgehead atoms. The second-order valence-electron chi connectivity index (χ2n) is 5.63. The van der Waals surface area contributed by atoms with E-state index in [0.29, 0.717) is 24.7 Å². The zero-order chi connectivity index (χ0) is 15.4. The molecular weight excluding hydrogens is 281 g/mol. The van der Waals surface area contributed by atoms with Crippen LogP contribution < -0.4 is 5.32 Å². The summed E-state index contributed by atoms with van der Waals surface area (Å²) in [5.74, 6) is -0.424. The smallest absolute Gasteiger partial charge is 0.225 e. The van der Waals surface area contributed by atoms with Crippen molar-refractivity contribution < 1.29 is 9.18 Å². The Morgan fingerprint density at radius 1 is 1.36 bits per heavy atom. The van der Waals surface area contributed by atoms with Crippen molar-refractivity contribution >= 4 is 11.6 Å². The van der Waals surface area contributed by atoms with E-state index in [-0.39, 0.29) is 11.7 Å². The maximum absolute atomic E-state index is 13.1. The Labute approximate surface area is 129 Å². The van der Waals surface area contributed by atoms with Crippen LogP contribution in [0.15, 0.2) is 42.6 Å². The number of carbonyl (C=O) groups excluding carboxylic acids is 1. The van der Waals surface area contributed by atoms with Crippen LogP contribution in [-0.2, 0) is 4.79 Å². The fourth-order valence-electron chi connectivity index (χ4n) is 3.03. The van der Waals surface area contributed by atoms with Gasteiger partial charge >= 0.3 is 0 Å². The molecule has 1 aliphatic heterocycles. The van der Waals surface area contributed by atoms with E-state index in [2.05, 4.69) is 21.3 Å². The van der Waals surface area contributed by atoms with Gasteiger partial charge in [0, 0.05) is 36.6 Å².